The number of para-hydroxylation sites is 1. The molecule has 1 saturated heterocycles. The van der Waals surface area contributed by atoms with Gasteiger partial charge in [0.2, 0.25) is 17.7 Å². The highest BCUT2D eigenvalue weighted by Gasteiger charge is 2.67. The molecule has 1 saturated carbocycles. The number of carboxylic acids is 1. The standard InChI is InChI=1S/C47H49N5O8/c1-29(42(54)51-23-13-4-14-24-51)48-41(53)39(25-30-15-5-3-6-16-30)52-38-22-12-7-17-31(38)26-40(43(52)55)50(2)45(58)47(27-37(47)44(56)57)49-46(59)60-28-36-34-20-10-8-18-32(34)33-19-9-11-21-35(33)36/h3,5-12,15-22,29,36-37,39-40H,4,13-14,23-28H2,1-2H3,(H,48,53)(H,49,59)(H,56,57)/t29-,37-,39-,40-,47+/m0/s1. The van der Waals surface area contributed by atoms with Gasteiger partial charge in [-0.15, -0.1) is 0 Å². The molecule has 3 N–H and O–H groups in total. The third-order valence-electron chi connectivity index (χ3n) is 12.6. The number of likely N-dealkylation sites (N-methyl/N-ethyl adjacent to an activating group) is 1. The summed E-state index contributed by atoms with van der Waals surface area (Å²) in [4.78, 5) is 87.7. The minimum atomic E-state index is -1.86. The highest BCUT2D eigenvalue weighted by molar-refractivity contribution is 6.09. The molecule has 310 valence electrons. The number of carbonyl (C=O) groups excluding carboxylic acids is 5. The van der Waals surface area contributed by atoms with Gasteiger partial charge in [0.25, 0.3) is 5.91 Å². The smallest absolute Gasteiger partial charge is 0.408 e. The first-order chi connectivity index (χ1) is 29.0. The summed E-state index contributed by atoms with van der Waals surface area (Å²) in [6.07, 6.45) is 1.88. The molecular formula is C47H49N5O8. The fraction of sp³-hybridized carbons (Fsp3) is 0.362. The van der Waals surface area contributed by atoms with Gasteiger partial charge >= 0.3 is 12.1 Å². The van der Waals surface area contributed by atoms with E-state index in [2.05, 4.69) is 10.6 Å². The molecule has 2 aliphatic heterocycles. The number of hydrogen-bond donors (Lipinski definition) is 3. The number of nitrogens with one attached hydrogen (secondary N) is 2. The van der Waals surface area contributed by atoms with E-state index in [0.29, 0.717) is 24.3 Å². The molecule has 13 heteroatoms. The maximum absolute atomic E-state index is 14.9. The van der Waals surface area contributed by atoms with E-state index in [1.54, 1.807) is 30.0 Å². The fourth-order valence-electron chi connectivity index (χ4n) is 9.28. The van der Waals surface area contributed by atoms with Crippen molar-refractivity contribution in [3.8, 4) is 11.1 Å². The van der Waals surface area contributed by atoms with Crippen LogP contribution in [0, 0.1) is 5.92 Å². The van der Waals surface area contributed by atoms with Gasteiger partial charge in [0.15, 0.2) is 0 Å². The highest BCUT2D eigenvalue weighted by atomic mass is 16.5. The minimum Gasteiger partial charge on any atom is -0.481 e. The number of ether oxygens (including phenoxy) is 1. The van der Waals surface area contributed by atoms with E-state index in [0.717, 1.165) is 47.1 Å². The summed E-state index contributed by atoms with van der Waals surface area (Å²) in [6, 6.07) is 29.0. The van der Waals surface area contributed by atoms with E-state index in [9.17, 15) is 33.9 Å². The Balaban J connectivity index is 1.04. The van der Waals surface area contributed by atoms with Crippen molar-refractivity contribution in [1.82, 2.24) is 20.4 Å². The SMILES string of the molecule is C[C@H](NC(=O)[C@H](Cc1ccccc1)N1C(=O)[C@@H](N(C)C(=O)[C@@]2(NC(=O)OCC3c4ccccc4-c4ccccc43)C[C@H]2C(=O)O)Cc2ccccc21)C(=O)N1CCCCC1. The van der Waals surface area contributed by atoms with Crippen molar-refractivity contribution >= 4 is 41.4 Å². The maximum atomic E-state index is 14.9. The van der Waals surface area contributed by atoms with Crippen molar-refractivity contribution in [2.45, 2.75) is 75.0 Å². The van der Waals surface area contributed by atoms with Gasteiger partial charge in [-0.3, -0.25) is 28.9 Å². The Morgan fingerprint density at radius 1 is 0.850 bits per heavy atom. The van der Waals surface area contributed by atoms with Crippen molar-refractivity contribution in [3.63, 3.8) is 0 Å². The molecular weight excluding hydrogens is 763 g/mol. The van der Waals surface area contributed by atoms with Crippen LogP contribution in [0.15, 0.2) is 103 Å². The Hall–Kier alpha value is -6.50. The molecule has 4 aromatic rings. The zero-order chi connectivity index (χ0) is 42.1. The number of fused-ring (bicyclic) bond motifs is 4. The number of amides is 5. The van der Waals surface area contributed by atoms with E-state index < -0.39 is 59.4 Å². The fourth-order valence-corrected chi connectivity index (χ4v) is 9.28. The number of benzene rings is 4. The summed E-state index contributed by atoms with van der Waals surface area (Å²) in [6.45, 7) is 2.84. The van der Waals surface area contributed by atoms with Gasteiger partial charge in [-0.05, 0) is 72.1 Å². The Morgan fingerprint density at radius 3 is 2.12 bits per heavy atom. The number of nitrogens with zero attached hydrogens (tertiary/aromatic N) is 3. The monoisotopic (exact) mass is 811 g/mol. The summed E-state index contributed by atoms with van der Waals surface area (Å²) in [5, 5.41) is 15.7. The lowest BCUT2D eigenvalue weighted by Crippen LogP contribution is -2.63. The quantitative estimate of drug-likeness (QED) is 0.182. The second kappa shape index (κ2) is 16.6. The van der Waals surface area contributed by atoms with E-state index in [-0.39, 0.29) is 37.7 Å². The Bertz CT molecular complexity index is 2280. The van der Waals surface area contributed by atoms with Gasteiger partial charge in [0, 0.05) is 44.6 Å². The predicted molar refractivity (Wildman–Crippen MR) is 223 cm³/mol. The summed E-state index contributed by atoms with van der Waals surface area (Å²) in [7, 11) is 1.42. The maximum Gasteiger partial charge on any atom is 0.408 e. The van der Waals surface area contributed by atoms with Crippen molar-refractivity contribution in [1.29, 1.82) is 0 Å². The lowest BCUT2D eigenvalue weighted by atomic mass is 9.92. The molecule has 0 unspecified atom stereocenters. The first-order valence-corrected chi connectivity index (χ1v) is 20.7. The van der Waals surface area contributed by atoms with Gasteiger partial charge in [-0.25, -0.2) is 4.79 Å². The minimum absolute atomic E-state index is 0.0440. The lowest BCUT2D eigenvalue weighted by Gasteiger charge is -2.42. The topological polar surface area (TPSA) is 166 Å². The Kier molecular flexibility index (Phi) is 11.2. The number of hydrogen-bond acceptors (Lipinski definition) is 7. The highest BCUT2D eigenvalue weighted by Crippen LogP contribution is 2.47. The molecule has 0 spiro atoms. The zero-order valence-electron chi connectivity index (χ0n) is 33.7. The van der Waals surface area contributed by atoms with Gasteiger partial charge in [0.1, 0.15) is 30.3 Å². The van der Waals surface area contributed by atoms with E-state index in [4.69, 9.17) is 4.74 Å². The van der Waals surface area contributed by atoms with E-state index >= 15 is 0 Å². The molecule has 0 radical (unpaired) electrons. The largest absolute Gasteiger partial charge is 0.481 e. The predicted octanol–water partition coefficient (Wildman–Crippen LogP) is 4.91. The molecule has 5 amide bonds. The summed E-state index contributed by atoms with van der Waals surface area (Å²) in [5.41, 5.74) is 4.17. The zero-order valence-corrected chi connectivity index (χ0v) is 33.7. The van der Waals surface area contributed by atoms with E-state index in [1.807, 2.05) is 84.9 Å². The number of anilines is 1. The summed E-state index contributed by atoms with van der Waals surface area (Å²) < 4.78 is 5.74. The number of carboxylic acid groups (broad SMARTS) is 1. The van der Waals surface area contributed by atoms with Crippen LogP contribution in [0.5, 0.6) is 0 Å². The molecule has 60 heavy (non-hydrogen) atoms. The van der Waals surface area contributed by atoms with Crippen LogP contribution in [0.1, 0.15) is 60.8 Å². The third-order valence-corrected chi connectivity index (χ3v) is 12.6. The first kappa shape index (κ1) is 40.3. The van der Waals surface area contributed by atoms with Crippen LogP contribution in [-0.4, -0.2) is 101 Å². The van der Waals surface area contributed by atoms with Crippen LogP contribution in [-0.2, 0) is 41.6 Å². The molecule has 2 fully saturated rings. The molecule has 2 aliphatic carbocycles. The number of likely N-dealkylation sites (tertiary alicyclic amines) is 1. The molecule has 2 heterocycles. The molecule has 8 rings (SSSR count). The van der Waals surface area contributed by atoms with Gasteiger partial charge in [0.05, 0.1) is 5.92 Å². The van der Waals surface area contributed by atoms with Crippen LogP contribution in [0.4, 0.5) is 10.5 Å². The third kappa shape index (κ3) is 7.60. The number of aliphatic carboxylic acids is 1. The molecule has 0 bridgehead atoms. The van der Waals surface area contributed by atoms with Crippen molar-refractivity contribution in [2.24, 2.45) is 5.92 Å². The Labute approximate surface area is 348 Å². The van der Waals surface area contributed by atoms with Crippen molar-refractivity contribution < 1.29 is 38.6 Å². The Morgan fingerprint density at radius 2 is 1.47 bits per heavy atom. The molecule has 13 nitrogen and oxygen atoms in total. The molecule has 4 aliphatic rings. The van der Waals surface area contributed by atoms with Crippen LogP contribution in [0.2, 0.25) is 0 Å². The summed E-state index contributed by atoms with van der Waals surface area (Å²) >= 11 is 0. The summed E-state index contributed by atoms with van der Waals surface area (Å²) in [5.74, 6) is -4.83. The van der Waals surface area contributed by atoms with Gasteiger partial charge < -0.3 is 30.3 Å². The number of piperidine rings is 1. The lowest BCUT2D eigenvalue weighted by molar-refractivity contribution is -0.145. The average molecular weight is 812 g/mol. The number of carbonyl (C=O) groups is 6. The van der Waals surface area contributed by atoms with Crippen molar-refractivity contribution in [2.75, 3.05) is 31.6 Å². The molecule has 5 atom stereocenters. The second-order valence-electron chi connectivity index (χ2n) is 16.3. The van der Waals surface area contributed by atoms with Crippen LogP contribution < -0.4 is 15.5 Å². The van der Waals surface area contributed by atoms with E-state index in [1.165, 1.54) is 16.8 Å². The normalized spacial score (nSPS) is 21.4. The van der Waals surface area contributed by atoms with Gasteiger partial charge in [-0.2, -0.15) is 0 Å². The molecule has 0 aromatic heterocycles. The van der Waals surface area contributed by atoms with Crippen LogP contribution in [0.3, 0.4) is 0 Å². The number of alkyl carbamates (subject to hydrolysis) is 1. The second-order valence-corrected chi connectivity index (χ2v) is 16.3. The number of rotatable bonds is 12. The van der Waals surface area contributed by atoms with Crippen LogP contribution in [0.25, 0.3) is 11.1 Å². The van der Waals surface area contributed by atoms with Crippen LogP contribution >= 0.6 is 0 Å². The average Bonchev–Trinajstić information content (AvgIpc) is 3.92. The van der Waals surface area contributed by atoms with Gasteiger partial charge in [-0.1, -0.05) is 97.1 Å². The van der Waals surface area contributed by atoms with Crippen molar-refractivity contribution in [3.05, 3.63) is 125 Å². The first-order valence-electron chi connectivity index (χ1n) is 20.7. The molecule has 4 aromatic carbocycles.